The summed E-state index contributed by atoms with van der Waals surface area (Å²) < 4.78 is 32.3. The zero-order chi connectivity index (χ0) is 13.1. The molecule has 94 valence electrons. The van der Waals surface area contributed by atoms with E-state index >= 15 is 0 Å². The van der Waals surface area contributed by atoms with Gasteiger partial charge in [-0.3, -0.25) is 4.79 Å². The Morgan fingerprint density at radius 3 is 2.71 bits per heavy atom. The second-order valence-electron chi connectivity index (χ2n) is 3.00. The van der Waals surface area contributed by atoms with Crippen LogP contribution in [-0.2, 0) is 19.6 Å². The summed E-state index contributed by atoms with van der Waals surface area (Å²) in [7, 11) is -4.54. The highest BCUT2D eigenvalue weighted by Gasteiger charge is 2.25. The molecule has 1 heterocycles. The summed E-state index contributed by atoms with van der Waals surface area (Å²) in [6.45, 7) is 1.67. The zero-order valence-electron chi connectivity index (χ0n) is 9.17. The van der Waals surface area contributed by atoms with Crippen LogP contribution < -0.4 is 4.13 Å². The molecule has 0 aromatic carbocycles. The maximum absolute atomic E-state index is 11.4. The number of hydrogen-bond acceptors (Lipinski definition) is 6. The molecule has 0 saturated heterocycles. The second-order valence-corrected chi connectivity index (χ2v) is 6.29. The van der Waals surface area contributed by atoms with Gasteiger partial charge in [-0.25, -0.2) is 13.2 Å². The van der Waals surface area contributed by atoms with Crippen LogP contribution >= 0.6 is 10.9 Å². The molecule has 0 fully saturated rings. The van der Waals surface area contributed by atoms with E-state index < -0.39 is 32.6 Å². The number of carbonyl (C=O) groups is 2. The lowest BCUT2D eigenvalue weighted by molar-refractivity contribution is -0.137. The summed E-state index contributed by atoms with van der Waals surface area (Å²) in [6.07, 6.45) is 0.981. The van der Waals surface area contributed by atoms with Gasteiger partial charge in [-0.05, 0) is 11.3 Å². The lowest BCUT2D eigenvalue weighted by Gasteiger charge is -1.95. The number of hydrogen-bond donors (Lipinski definition) is 1. The van der Waals surface area contributed by atoms with Crippen LogP contribution in [0.5, 0.6) is 0 Å². The minimum absolute atomic E-state index is 0.0921. The molecule has 0 spiro atoms. The third-order valence-electron chi connectivity index (χ3n) is 1.48. The normalized spacial score (nSPS) is 12.2. The predicted octanol–water partition coefficient (Wildman–Crippen LogP) is 0.0796. The Kier molecular flexibility index (Phi) is 4.32. The van der Waals surface area contributed by atoms with Crippen LogP contribution in [0.4, 0.5) is 0 Å². The van der Waals surface area contributed by atoms with Crippen LogP contribution in [-0.4, -0.2) is 37.4 Å². The predicted molar refractivity (Wildman–Crippen MR) is 61.9 cm³/mol. The highest BCUT2D eigenvalue weighted by atomic mass is 32.3. The summed E-state index contributed by atoms with van der Waals surface area (Å²) in [5.41, 5.74) is -0.108. The van der Waals surface area contributed by atoms with Crippen molar-refractivity contribution in [1.29, 1.82) is 0 Å². The van der Waals surface area contributed by atoms with Crippen LogP contribution in [0.25, 0.3) is 0 Å². The molecule has 0 aliphatic heterocycles. The van der Waals surface area contributed by atoms with E-state index in [9.17, 15) is 18.0 Å². The lowest BCUT2D eigenvalue weighted by atomic mass is 10.3. The standard InChI is InChI=1S/C8H10N2O5S2/c1-3-15-8(12)7(11)6-4-5-16(9-6)10-17(2,13)14/h4-5H,3H2,1-2H3/p+1. The maximum atomic E-state index is 11.4. The van der Waals surface area contributed by atoms with Crippen molar-refractivity contribution >= 4 is 32.6 Å². The van der Waals surface area contributed by atoms with Crippen LogP contribution in [0.15, 0.2) is 11.4 Å². The number of sulfonamides is 1. The molecular weight excluding hydrogens is 268 g/mol. The molecule has 0 bridgehead atoms. The Balaban J connectivity index is 2.81. The molecule has 7 nitrogen and oxygen atoms in total. The van der Waals surface area contributed by atoms with Gasteiger partial charge in [0.1, 0.15) is 0 Å². The lowest BCUT2D eigenvalue weighted by Crippen LogP contribution is -2.18. The molecule has 0 amide bonds. The average molecular weight is 279 g/mol. The quantitative estimate of drug-likeness (QED) is 0.354. The Morgan fingerprint density at radius 1 is 1.53 bits per heavy atom. The number of nitrogens with zero attached hydrogens (tertiary/aromatic N) is 1. The molecule has 1 aromatic heterocycles. The number of aromatic nitrogens is 1. The number of ketones is 1. The fourth-order valence-corrected chi connectivity index (χ4v) is 3.20. The van der Waals surface area contributed by atoms with Crippen LogP contribution in [0, 0.1) is 0 Å². The van der Waals surface area contributed by atoms with Crippen LogP contribution in [0.3, 0.4) is 0 Å². The third kappa shape index (κ3) is 4.21. The topological polar surface area (TPSA) is 102 Å². The van der Waals surface area contributed by atoms with Crippen LogP contribution in [0.1, 0.15) is 17.4 Å². The largest absolute Gasteiger partial charge is 0.460 e. The van der Waals surface area contributed by atoms with E-state index in [1.165, 1.54) is 11.4 Å². The Hall–Kier alpha value is -1.32. The zero-order valence-corrected chi connectivity index (χ0v) is 10.8. The Labute approximate surface area is 101 Å². The maximum Gasteiger partial charge on any atom is 0.381 e. The van der Waals surface area contributed by atoms with E-state index in [0.717, 1.165) is 6.26 Å². The smallest absolute Gasteiger partial charge is 0.381 e. The number of nitrogens with one attached hydrogen (secondary N) is 1. The molecule has 0 aliphatic rings. The van der Waals surface area contributed by atoms with Crippen molar-refractivity contribution in [2.45, 2.75) is 6.92 Å². The summed E-state index contributed by atoms with van der Waals surface area (Å²) in [4.78, 5) is 22.5. The van der Waals surface area contributed by atoms with Gasteiger partial charge in [0.25, 0.3) is 15.8 Å². The summed E-state index contributed by atoms with van der Waals surface area (Å²) in [5, 5.41) is 1.40. The molecule has 1 aromatic rings. The van der Waals surface area contributed by atoms with Gasteiger partial charge in [-0.1, -0.05) is 0 Å². The van der Waals surface area contributed by atoms with Crippen molar-refractivity contribution in [1.82, 2.24) is 4.37 Å². The summed E-state index contributed by atoms with van der Waals surface area (Å²) in [5.74, 6) is -1.88. The minimum Gasteiger partial charge on any atom is -0.460 e. The van der Waals surface area contributed by atoms with Gasteiger partial charge in [0, 0.05) is 10.2 Å². The summed E-state index contributed by atoms with van der Waals surface area (Å²) >= 11 is 0. The van der Waals surface area contributed by atoms with E-state index in [-0.39, 0.29) is 12.3 Å². The third-order valence-corrected chi connectivity index (χ3v) is 4.16. The van der Waals surface area contributed by atoms with Gasteiger partial charge in [0.05, 0.1) is 12.9 Å². The number of Topliss-reactive ketones (excluding diaryl/α,β-unsaturated/α-hetero) is 1. The first kappa shape index (κ1) is 13.7. The van der Waals surface area contributed by atoms with Gasteiger partial charge in [-0.15, -0.1) is 0 Å². The minimum atomic E-state index is -3.41. The average Bonchev–Trinajstić information content (AvgIpc) is 2.62. The monoisotopic (exact) mass is 279 g/mol. The molecule has 0 saturated carbocycles. The van der Waals surface area contributed by atoms with Gasteiger partial charge in [0.15, 0.2) is 21.9 Å². The van der Waals surface area contributed by atoms with Gasteiger partial charge in [0.2, 0.25) is 0 Å². The fraction of sp³-hybridized carbons (Fsp3) is 0.375. The van der Waals surface area contributed by atoms with E-state index in [2.05, 4.69) is 13.2 Å². The first-order chi connectivity index (χ1) is 7.83. The fourth-order valence-electron chi connectivity index (χ4n) is 0.916. The van der Waals surface area contributed by atoms with Crippen molar-refractivity contribution in [2.75, 3.05) is 17.0 Å². The number of carbonyl (C=O) groups excluding carboxylic acids is 2. The highest BCUT2D eigenvalue weighted by molar-refractivity contribution is 7.95. The molecular formula is C8H11N2O5S2+. The van der Waals surface area contributed by atoms with Crippen molar-refractivity contribution in [2.24, 2.45) is 0 Å². The van der Waals surface area contributed by atoms with Gasteiger partial charge in [-0.2, -0.15) is 0 Å². The molecule has 1 unspecified atom stereocenters. The highest BCUT2D eigenvalue weighted by Crippen LogP contribution is 2.14. The van der Waals surface area contributed by atoms with E-state index in [1.54, 1.807) is 6.92 Å². The number of esters is 1. The molecule has 17 heavy (non-hydrogen) atoms. The van der Waals surface area contributed by atoms with Gasteiger partial charge < -0.3 is 4.74 Å². The molecule has 1 rings (SSSR count). The molecule has 9 heteroatoms. The Bertz CT molecular complexity index is 534. The van der Waals surface area contributed by atoms with Crippen molar-refractivity contribution in [3.63, 3.8) is 0 Å². The summed E-state index contributed by atoms with van der Waals surface area (Å²) in [6, 6.07) is 1.29. The number of rotatable bonds is 5. The van der Waals surface area contributed by atoms with Gasteiger partial charge >= 0.3 is 5.97 Å². The SMILES string of the molecule is CCOC(=O)C(=O)c1cc[s+](NS(C)(=O)=O)n1. The van der Waals surface area contributed by atoms with E-state index in [1.807, 2.05) is 0 Å². The number of ether oxygens (including phenoxy) is 1. The van der Waals surface area contributed by atoms with E-state index in [4.69, 9.17) is 0 Å². The Morgan fingerprint density at radius 2 is 2.18 bits per heavy atom. The van der Waals surface area contributed by atoms with Crippen molar-refractivity contribution in [3.8, 4) is 0 Å². The molecule has 1 N–H and O–H groups in total. The molecule has 1 atom stereocenters. The van der Waals surface area contributed by atoms with Crippen molar-refractivity contribution < 1.29 is 22.7 Å². The molecule has 0 aliphatic carbocycles. The second kappa shape index (κ2) is 5.34. The molecule has 0 radical (unpaired) electrons. The first-order valence-corrected chi connectivity index (χ1v) is 7.66. The van der Waals surface area contributed by atoms with Crippen LogP contribution in [0.2, 0.25) is 0 Å². The van der Waals surface area contributed by atoms with Crippen molar-refractivity contribution in [3.05, 3.63) is 17.1 Å². The van der Waals surface area contributed by atoms with E-state index in [0.29, 0.717) is 0 Å². The first-order valence-electron chi connectivity index (χ1n) is 4.52.